The van der Waals surface area contributed by atoms with E-state index in [1.165, 1.54) is 31.0 Å². The maximum atomic E-state index is 13.1. The van der Waals surface area contributed by atoms with Crippen molar-refractivity contribution in [3.8, 4) is 0 Å². The average Bonchev–Trinajstić information content (AvgIpc) is 2.73. The molecule has 164 valence electrons. The van der Waals surface area contributed by atoms with Crippen molar-refractivity contribution >= 4 is 40.2 Å². The monoisotopic (exact) mass is 451 g/mol. The van der Waals surface area contributed by atoms with E-state index in [-0.39, 0.29) is 22.8 Å². The number of rotatable bonds is 9. The highest BCUT2D eigenvalue weighted by atomic mass is 35.5. The molecule has 2 aromatic rings. The first kappa shape index (κ1) is 23.1. The quantitative estimate of drug-likeness (QED) is 0.347. The maximum Gasteiger partial charge on any atom is 0.262 e. The Hall–Kier alpha value is -1.57. The molecule has 0 bridgehead atoms. The summed E-state index contributed by atoms with van der Waals surface area (Å²) < 4.78 is 7.07. The van der Waals surface area contributed by atoms with E-state index in [4.69, 9.17) is 16.3 Å². The summed E-state index contributed by atoms with van der Waals surface area (Å²) in [6, 6.07) is 5.36. The lowest BCUT2D eigenvalue weighted by atomic mass is 9.95. The summed E-state index contributed by atoms with van der Waals surface area (Å²) in [6.45, 7) is 5.51. The average molecular weight is 452 g/mol. The van der Waals surface area contributed by atoms with Gasteiger partial charge in [0, 0.05) is 30.8 Å². The van der Waals surface area contributed by atoms with Crippen LogP contribution in [0.1, 0.15) is 52.4 Å². The van der Waals surface area contributed by atoms with Crippen LogP contribution in [0.2, 0.25) is 5.02 Å². The fraction of sp³-hybridized carbons (Fsp3) is 0.591. The minimum Gasteiger partial charge on any atom is -0.382 e. The van der Waals surface area contributed by atoms with Gasteiger partial charge < -0.3 is 10.1 Å². The molecule has 0 aliphatic heterocycles. The minimum atomic E-state index is -0.353. The molecule has 0 spiro atoms. The molecule has 1 N–H and O–H groups in total. The summed E-state index contributed by atoms with van der Waals surface area (Å²) in [6.07, 6.45) is 6.35. The van der Waals surface area contributed by atoms with Gasteiger partial charge in [0.2, 0.25) is 5.91 Å². The van der Waals surface area contributed by atoms with Gasteiger partial charge in [-0.15, -0.1) is 0 Å². The van der Waals surface area contributed by atoms with E-state index in [1.807, 2.05) is 13.8 Å². The first-order valence-electron chi connectivity index (χ1n) is 10.7. The van der Waals surface area contributed by atoms with Crippen LogP contribution in [0, 0.1) is 0 Å². The van der Waals surface area contributed by atoms with Gasteiger partial charge in [0.1, 0.15) is 0 Å². The highest BCUT2D eigenvalue weighted by molar-refractivity contribution is 8.00. The van der Waals surface area contributed by atoms with Gasteiger partial charge in [-0.2, -0.15) is 0 Å². The number of amides is 1. The van der Waals surface area contributed by atoms with Gasteiger partial charge in [-0.1, -0.05) is 42.6 Å². The first-order valence-corrected chi connectivity index (χ1v) is 12.0. The second-order valence-electron chi connectivity index (χ2n) is 7.67. The van der Waals surface area contributed by atoms with Crippen LogP contribution in [0.25, 0.3) is 10.9 Å². The molecule has 1 aromatic heterocycles. The lowest BCUT2D eigenvalue weighted by Gasteiger charge is -2.24. The molecule has 0 radical (unpaired) electrons. The number of ether oxygens (including phenoxy) is 1. The Labute approximate surface area is 186 Å². The van der Waals surface area contributed by atoms with E-state index in [9.17, 15) is 9.59 Å². The van der Waals surface area contributed by atoms with Crippen LogP contribution in [0.3, 0.4) is 0 Å². The Morgan fingerprint density at radius 1 is 1.37 bits per heavy atom. The van der Waals surface area contributed by atoms with Crippen molar-refractivity contribution in [3.63, 3.8) is 0 Å². The summed E-state index contributed by atoms with van der Waals surface area (Å²) >= 11 is 7.43. The van der Waals surface area contributed by atoms with Crippen molar-refractivity contribution in [2.45, 2.75) is 75.4 Å². The van der Waals surface area contributed by atoms with Crippen LogP contribution >= 0.6 is 23.4 Å². The number of hydrogen-bond donors (Lipinski definition) is 1. The molecular formula is C22H30ClN3O3S. The Morgan fingerprint density at radius 2 is 2.13 bits per heavy atom. The van der Waals surface area contributed by atoms with Gasteiger partial charge in [-0.25, -0.2) is 4.98 Å². The third-order valence-electron chi connectivity index (χ3n) is 5.36. The summed E-state index contributed by atoms with van der Waals surface area (Å²) in [5.41, 5.74) is 0.437. The molecule has 1 fully saturated rings. The molecule has 1 unspecified atom stereocenters. The van der Waals surface area contributed by atoms with Gasteiger partial charge in [0.15, 0.2) is 5.16 Å². The largest absolute Gasteiger partial charge is 0.382 e. The molecule has 1 amide bonds. The fourth-order valence-electron chi connectivity index (χ4n) is 3.71. The number of carbonyl (C=O) groups excluding carboxylic acids is 1. The summed E-state index contributed by atoms with van der Waals surface area (Å²) in [5, 5.41) is 4.41. The second kappa shape index (κ2) is 11.2. The van der Waals surface area contributed by atoms with Crippen molar-refractivity contribution in [1.29, 1.82) is 0 Å². The van der Waals surface area contributed by atoms with Crippen molar-refractivity contribution in [3.05, 3.63) is 33.6 Å². The molecule has 6 nitrogen and oxygen atoms in total. The molecule has 1 aliphatic rings. The van der Waals surface area contributed by atoms with Crippen LogP contribution in [0.4, 0.5) is 0 Å². The molecule has 1 heterocycles. The SMILES string of the molecule is CCOCCCn1c(SC(C)C(=O)NC2CCCCC2)nc2cc(Cl)ccc2c1=O. The number of aromatic nitrogens is 2. The van der Waals surface area contributed by atoms with E-state index in [1.54, 1.807) is 22.8 Å². The summed E-state index contributed by atoms with van der Waals surface area (Å²) in [4.78, 5) is 30.5. The van der Waals surface area contributed by atoms with Gasteiger partial charge in [-0.3, -0.25) is 14.2 Å². The Balaban J connectivity index is 1.82. The fourth-order valence-corrected chi connectivity index (χ4v) is 4.82. The molecular weight excluding hydrogens is 422 g/mol. The number of hydrogen-bond acceptors (Lipinski definition) is 5. The van der Waals surface area contributed by atoms with Crippen LogP contribution in [0.5, 0.6) is 0 Å². The molecule has 8 heteroatoms. The minimum absolute atomic E-state index is 0.00629. The molecule has 30 heavy (non-hydrogen) atoms. The van der Waals surface area contributed by atoms with Crippen LogP contribution in [0.15, 0.2) is 28.2 Å². The molecule has 1 aromatic carbocycles. The normalized spacial score (nSPS) is 16.0. The predicted molar refractivity (Wildman–Crippen MR) is 122 cm³/mol. The number of carbonyl (C=O) groups is 1. The standard InChI is InChI=1S/C22H30ClN3O3S/c1-3-29-13-7-12-26-21(28)18-11-10-16(23)14-19(18)25-22(26)30-15(2)20(27)24-17-8-5-4-6-9-17/h10-11,14-15,17H,3-9,12-13H2,1-2H3,(H,24,27). The van der Waals surface area contributed by atoms with Crippen molar-refractivity contribution in [2.75, 3.05) is 13.2 Å². The molecule has 1 aliphatic carbocycles. The zero-order valence-electron chi connectivity index (χ0n) is 17.7. The van der Waals surface area contributed by atoms with Crippen LogP contribution in [-0.4, -0.2) is 40.0 Å². The molecule has 1 atom stereocenters. The third kappa shape index (κ3) is 5.99. The molecule has 3 rings (SSSR count). The van der Waals surface area contributed by atoms with Crippen molar-refractivity contribution in [1.82, 2.24) is 14.9 Å². The topological polar surface area (TPSA) is 73.2 Å². The molecule has 0 saturated heterocycles. The Kier molecular flexibility index (Phi) is 8.60. The zero-order chi connectivity index (χ0) is 21.5. The Bertz CT molecular complexity index is 928. The highest BCUT2D eigenvalue weighted by Crippen LogP contribution is 2.25. The third-order valence-corrected chi connectivity index (χ3v) is 6.69. The van der Waals surface area contributed by atoms with Crippen LogP contribution in [-0.2, 0) is 16.1 Å². The molecule has 1 saturated carbocycles. The summed E-state index contributed by atoms with van der Waals surface area (Å²) in [5.74, 6) is -0.00629. The van der Waals surface area contributed by atoms with Gasteiger partial charge in [0.05, 0.1) is 16.2 Å². The number of nitrogens with zero attached hydrogens (tertiary/aromatic N) is 2. The van der Waals surface area contributed by atoms with Crippen LogP contribution < -0.4 is 10.9 Å². The second-order valence-corrected chi connectivity index (χ2v) is 9.41. The van der Waals surface area contributed by atoms with Gasteiger partial charge in [0.25, 0.3) is 5.56 Å². The first-order chi connectivity index (χ1) is 14.5. The lowest BCUT2D eigenvalue weighted by molar-refractivity contribution is -0.121. The van der Waals surface area contributed by atoms with Crippen molar-refractivity contribution in [2.24, 2.45) is 0 Å². The van der Waals surface area contributed by atoms with E-state index in [0.29, 0.717) is 47.3 Å². The smallest absolute Gasteiger partial charge is 0.262 e. The number of fused-ring (bicyclic) bond motifs is 1. The van der Waals surface area contributed by atoms with Gasteiger partial charge >= 0.3 is 0 Å². The van der Waals surface area contributed by atoms with E-state index in [2.05, 4.69) is 10.3 Å². The number of benzene rings is 1. The number of thioether (sulfide) groups is 1. The number of halogens is 1. The number of nitrogens with one attached hydrogen (secondary N) is 1. The van der Waals surface area contributed by atoms with E-state index >= 15 is 0 Å². The van der Waals surface area contributed by atoms with E-state index < -0.39 is 0 Å². The Morgan fingerprint density at radius 3 is 2.87 bits per heavy atom. The van der Waals surface area contributed by atoms with E-state index in [0.717, 1.165) is 12.8 Å². The summed E-state index contributed by atoms with van der Waals surface area (Å²) in [7, 11) is 0. The zero-order valence-corrected chi connectivity index (χ0v) is 19.2. The maximum absolute atomic E-state index is 13.1. The van der Waals surface area contributed by atoms with Gasteiger partial charge in [-0.05, 0) is 51.3 Å². The lowest BCUT2D eigenvalue weighted by Crippen LogP contribution is -2.40. The highest BCUT2D eigenvalue weighted by Gasteiger charge is 2.23. The predicted octanol–water partition coefficient (Wildman–Crippen LogP) is 4.41. The van der Waals surface area contributed by atoms with Crippen molar-refractivity contribution < 1.29 is 9.53 Å².